The van der Waals surface area contributed by atoms with Gasteiger partial charge in [0.25, 0.3) is 0 Å². The van der Waals surface area contributed by atoms with Crippen LogP contribution in [-0.4, -0.2) is 64.0 Å². The van der Waals surface area contributed by atoms with E-state index < -0.39 is 37.3 Å². The number of dihydropyridines is 1. The van der Waals surface area contributed by atoms with Gasteiger partial charge < -0.3 is 40.0 Å². The first-order valence-electron chi connectivity index (χ1n) is 12.3. The Kier molecular flexibility index (Phi) is 7.22. The van der Waals surface area contributed by atoms with E-state index in [-0.39, 0.29) is 11.8 Å². The van der Waals surface area contributed by atoms with Gasteiger partial charge in [0.05, 0.1) is 6.61 Å². The van der Waals surface area contributed by atoms with Crippen LogP contribution in [0.2, 0.25) is 0 Å². The molecule has 1 fully saturated rings. The van der Waals surface area contributed by atoms with E-state index in [1.54, 1.807) is 12.1 Å². The van der Waals surface area contributed by atoms with Crippen molar-refractivity contribution in [3.63, 3.8) is 0 Å². The van der Waals surface area contributed by atoms with E-state index in [2.05, 4.69) is 23.5 Å². The van der Waals surface area contributed by atoms with E-state index in [9.17, 15) is 25.2 Å². The van der Waals surface area contributed by atoms with E-state index in [4.69, 9.17) is 9.47 Å². The van der Waals surface area contributed by atoms with Gasteiger partial charge >= 0.3 is 0 Å². The minimum Gasteiger partial charge on any atom is -0.462 e. The molecule has 0 amide bonds. The maximum absolute atomic E-state index is 12.0. The highest BCUT2D eigenvalue weighted by Gasteiger charge is 2.44. The van der Waals surface area contributed by atoms with Gasteiger partial charge in [-0.15, -0.1) is 0 Å². The normalized spacial score (nSPS) is 32.2. The number of allylic oxidation sites excluding steroid dienone is 3. The summed E-state index contributed by atoms with van der Waals surface area (Å²) in [5.74, 6) is 0.159. The summed E-state index contributed by atoms with van der Waals surface area (Å²) in [6, 6.07) is 17.4. The third-order valence-corrected chi connectivity index (χ3v) is 7.23. The summed E-state index contributed by atoms with van der Waals surface area (Å²) in [5.41, 5.74) is 5.27. The average molecular weight is 494 g/mol. The largest absolute Gasteiger partial charge is 0.462 e. The van der Waals surface area contributed by atoms with E-state index in [0.717, 1.165) is 53.6 Å². The standard InChI is InChI=1S/C28H31NO7/c30-14-18-7-4-8-21-24(18)20(13-22(29-21)17-5-2-1-3-6-17)16-9-11-19(12-10-16)35-28-27(34)26(33)25(32)23(15-31)36-28/h1-3,5-6,9-14,18,20,23,25-29,31-34H,4,7-8,15H2/t18?,20?,23-,25-,26-,27-,28-/m1/s1. The van der Waals surface area contributed by atoms with Gasteiger partial charge in [0, 0.05) is 23.2 Å². The molecule has 8 heteroatoms. The topological polar surface area (TPSA) is 128 Å². The predicted molar refractivity (Wildman–Crippen MR) is 132 cm³/mol. The number of nitrogens with one attached hydrogen (secondary N) is 1. The summed E-state index contributed by atoms with van der Waals surface area (Å²) in [5, 5.41) is 43.2. The van der Waals surface area contributed by atoms with Crippen molar-refractivity contribution in [3.05, 3.63) is 83.1 Å². The number of aliphatic hydroxyl groups excluding tert-OH is 4. The Balaban J connectivity index is 1.42. The van der Waals surface area contributed by atoms with Crippen LogP contribution in [0.3, 0.4) is 0 Å². The van der Waals surface area contributed by atoms with Crippen molar-refractivity contribution in [2.24, 2.45) is 5.92 Å². The Morgan fingerprint density at radius 1 is 1.00 bits per heavy atom. The Morgan fingerprint density at radius 3 is 2.44 bits per heavy atom. The fourth-order valence-corrected chi connectivity index (χ4v) is 5.29. The van der Waals surface area contributed by atoms with Crippen molar-refractivity contribution >= 4 is 12.0 Å². The molecular weight excluding hydrogens is 462 g/mol. The highest BCUT2D eigenvalue weighted by atomic mass is 16.7. The number of rotatable bonds is 6. The lowest BCUT2D eigenvalue weighted by Crippen LogP contribution is -2.60. The number of ether oxygens (including phenoxy) is 2. The molecule has 190 valence electrons. The van der Waals surface area contributed by atoms with Crippen molar-refractivity contribution < 1.29 is 34.7 Å². The Hall–Kier alpha value is -3.01. The van der Waals surface area contributed by atoms with Crippen LogP contribution in [0, 0.1) is 5.92 Å². The third kappa shape index (κ3) is 4.70. The smallest absolute Gasteiger partial charge is 0.229 e. The second-order valence-corrected chi connectivity index (χ2v) is 9.50. The van der Waals surface area contributed by atoms with Crippen LogP contribution in [0.1, 0.15) is 36.3 Å². The van der Waals surface area contributed by atoms with Gasteiger partial charge in [-0.25, -0.2) is 0 Å². The molecule has 2 aliphatic heterocycles. The molecule has 0 spiro atoms. The predicted octanol–water partition coefficient (Wildman–Crippen LogP) is 1.85. The number of aliphatic hydroxyl groups is 4. The fourth-order valence-electron chi connectivity index (χ4n) is 5.29. The molecule has 2 aromatic rings. The molecule has 7 atom stereocenters. The van der Waals surface area contributed by atoms with Gasteiger partial charge in [-0.05, 0) is 54.2 Å². The highest BCUT2D eigenvalue weighted by molar-refractivity contribution is 5.72. The van der Waals surface area contributed by atoms with Gasteiger partial charge in [0.2, 0.25) is 6.29 Å². The molecule has 1 saturated heterocycles. The second-order valence-electron chi connectivity index (χ2n) is 9.50. The van der Waals surface area contributed by atoms with Gasteiger partial charge in [-0.2, -0.15) is 0 Å². The van der Waals surface area contributed by atoms with Crippen molar-refractivity contribution in [1.29, 1.82) is 0 Å². The van der Waals surface area contributed by atoms with Crippen LogP contribution >= 0.6 is 0 Å². The molecular formula is C28H31NO7. The molecule has 0 saturated carbocycles. The number of hydrogen-bond donors (Lipinski definition) is 5. The maximum Gasteiger partial charge on any atom is 0.229 e. The highest BCUT2D eigenvalue weighted by Crippen LogP contribution is 2.43. The quantitative estimate of drug-likeness (QED) is 0.386. The number of hydrogen-bond acceptors (Lipinski definition) is 8. The third-order valence-electron chi connectivity index (χ3n) is 7.23. The minimum atomic E-state index is -1.51. The van der Waals surface area contributed by atoms with E-state index in [1.165, 1.54) is 0 Å². The molecule has 8 nitrogen and oxygen atoms in total. The fraction of sp³-hybridized carbons (Fsp3) is 0.393. The number of benzene rings is 2. The summed E-state index contributed by atoms with van der Waals surface area (Å²) in [6.07, 6.45) is -0.851. The maximum atomic E-state index is 12.0. The first-order chi connectivity index (χ1) is 17.5. The number of carbonyl (C=O) groups excluding carboxylic acids is 1. The Morgan fingerprint density at radius 2 is 1.75 bits per heavy atom. The lowest BCUT2D eigenvalue weighted by Gasteiger charge is -2.39. The van der Waals surface area contributed by atoms with Gasteiger partial charge in [0.1, 0.15) is 36.5 Å². The van der Waals surface area contributed by atoms with Gasteiger partial charge in [0.15, 0.2) is 0 Å². The minimum absolute atomic E-state index is 0.0896. The summed E-state index contributed by atoms with van der Waals surface area (Å²) >= 11 is 0. The van der Waals surface area contributed by atoms with Crippen LogP contribution in [0.25, 0.3) is 5.70 Å². The Labute approximate surface area is 209 Å². The van der Waals surface area contributed by atoms with E-state index in [1.807, 2.05) is 30.3 Å². The van der Waals surface area contributed by atoms with Crippen molar-refractivity contribution in [3.8, 4) is 5.75 Å². The van der Waals surface area contributed by atoms with E-state index >= 15 is 0 Å². The van der Waals surface area contributed by atoms with Crippen LogP contribution in [-0.2, 0) is 9.53 Å². The number of aldehydes is 1. The zero-order valence-electron chi connectivity index (χ0n) is 19.7. The van der Waals surface area contributed by atoms with Crippen LogP contribution in [0.5, 0.6) is 5.75 Å². The van der Waals surface area contributed by atoms with Crippen molar-refractivity contribution in [1.82, 2.24) is 5.32 Å². The summed E-state index contributed by atoms with van der Waals surface area (Å²) < 4.78 is 11.2. The van der Waals surface area contributed by atoms with Crippen LogP contribution in [0.15, 0.2) is 71.9 Å². The summed E-state index contributed by atoms with van der Waals surface area (Å²) in [4.78, 5) is 12.0. The molecule has 2 aromatic carbocycles. The lowest BCUT2D eigenvalue weighted by molar-refractivity contribution is -0.277. The molecule has 5 rings (SSSR count). The van der Waals surface area contributed by atoms with Crippen molar-refractivity contribution in [2.45, 2.75) is 55.9 Å². The van der Waals surface area contributed by atoms with Crippen LogP contribution < -0.4 is 10.1 Å². The summed E-state index contributed by atoms with van der Waals surface area (Å²) in [7, 11) is 0. The SMILES string of the molecule is O=CC1CCCC2=C1C(c1ccc(O[C@@H]3O[C@H](CO)[C@@H](O)[C@@H](O)[C@H]3O)cc1)C=C(c1ccccc1)N2. The molecule has 3 aliphatic rings. The first kappa shape index (κ1) is 24.7. The zero-order chi connectivity index (χ0) is 25.2. The molecule has 2 unspecified atom stereocenters. The molecule has 0 bridgehead atoms. The summed E-state index contributed by atoms with van der Waals surface area (Å²) in [6.45, 7) is -0.523. The molecule has 0 radical (unpaired) electrons. The molecule has 5 N–H and O–H groups in total. The molecule has 2 heterocycles. The van der Waals surface area contributed by atoms with Gasteiger partial charge in [-0.3, -0.25) is 0 Å². The van der Waals surface area contributed by atoms with Crippen molar-refractivity contribution in [2.75, 3.05) is 6.61 Å². The molecule has 0 aromatic heterocycles. The zero-order valence-corrected chi connectivity index (χ0v) is 19.7. The molecule has 36 heavy (non-hydrogen) atoms. The van der Waals surface area contributed by atoms with E-state index in [0.29, 0.717) is 5.75 Å². The monoisotopic (exact) mass is 493 g/mol. The second kappa shape index (κ2) is 10.5. The molecule has 1 aliphatic carbocycles. The number of carbonyl (C=O) groups is 1. The average Bonchev–Trinajstić information content (AvgIpc) is 2.93. The lowest BCUT2D eigenvalue weighted by atomic mass is 9.74. The van der Waals surface area contributed by atoms with Crippen LogP contribution in [0.4, 0.5) is 0 Å². The van der Waals surface area contributed by atoms with Gasteiger partial charge in [-0.1, -0.05) is 42.5 Å². The Bertz CT molecular complexity index is 1130. The first-order valence-corrected chi connectivity index (χ1v) is 12.3.